The summed E-state index contributed by atoms with van der Waals surface area (Å²) in [6, 6.07) is 16.1. The lowest BCUT2D eigenvalue weighted by atomic mass is 10.2. The predicted octanol–water partition coefficient (Wildman–Crippen LogP) is 3.54. The third kappa shape index (κ3) is 5.54. The van der Waals surface area contributed by atoms with Gasteiger partial charge in [-0.25, -0.2) is 0 Å². The number of methoxy groups -OCH3 is 1. The molecule has 0 spiro atoms. The first-order valence-electron chi connectivity index (χ1n) is 8.26. The number of carbonyl (C=O) groups excluding carboxylic acids is 2. The lowest BCUT2D eigenvalue weighted by Crippen LogP contribution is -2.20. The summed E-state index contributed by atoms with van der Waals surface area (Å²) in [5.41, 5.74) is 0.654. The number of aromatic nitrogens is 2. The number of ether oxygens (including phenoxy) is 2. The van der Waals surface area contributed by atoms with E-state index in [1.54, 1.807) is 30.3 Å². The topological polar surface area (TPSA) is 90.4 Å². The van der Waals surface area contributed by atoms with Crippen LogP contribution < -0.4 is 14.8 Å². The smallest absolute Gasteiger partial charge is 0.264 e. The predicted molar refractivity (Wildman–Crippen MR) is 109 cm³/mol. The number of Topliss-reactive ketones (excluding diaryl/α,β-unsaturated/α-hetero) is 1. The van der Waals surface area contributed by atoms with Crippen LogP contribution in [0, 0.1) is 0 Å². The number of nitrogens with one attached hydrogen (secondary N) is 1. The fourth-order valence-corrected chi connectivity index (χ4v) is 3.85. The van der Waals surface area contributed by atoms with Gasteiger partial charge in [0.15, 0.2) is 28.2 Å². The first-order chi connectivity index (χ1) is 13.7. The number of carbonyl (C=O) groups is 2. The maximum atomic E-state index is 12.1. The van der Waals surface area contributed by atoms with Crippen molar-refractivity contribution in [2.75, 3.05) is 24.8 Å². The van der Waals surface area contributed by atoms with E-state index in [0.717, 1.165) is 0 Å². The summed E-state index contributed by atoms with van der Waals surface area (Å²) < 4.78 is 11.2. The zero-order valence-electron chi connectivity index (χ0n) is 15.0. The second kappa shape index (κ2) is 9.86. The van der Waals surface area contributed by atoms with E-state index in [0.29, 0.717) is 26.5 Å². The standard InChI is InChI=1S/C19H17N3O4S2/c1-25-15-9-5-6-10-16(15)26-11-17(24)20-18-21-22-19(28-18)27-12-14(23)13-7-3-2-4-8-13/h2-10H,11-12H2,1H3,(H,20,21,24). The van der Waals surface area contributed by atoms with Crippen LogP contribution in [-0.2, 0) is 4.79 Å². The molecule has 0 aliphatic heterocycles. The summed E-state index contributed by atoms with van der Waals surface area (Å²) in [6.07, 6.45) is 0. The van der Waals surface area contributed by atoms with Crippen LogP contribution in [0.5, 0.6) is 11.5 Å². The number of para-hydroxylation sites is 2. The molecule has 1 aromatic heterocycles. The highest BCUT2D eigenvalue weighted by Gasteiger charge is 2.12. The highest BCUT2D eigenvalue weighted by atomic mass is 32.2. The van der Waals surface area contributed by atoms with Crippen molar-refractivity contribution in [3.63, 3.8) is 0 Å². The van der Waals surface area contributed by atoms with Gasteiger partial charge in [-0.2, -0.15) is 0 Å². The molecule has 0 radical (unpaired) electrons. The number of thioether (sulfide) groups is 1. The molecular formula is C19H17N3O4S2. The molecule has 2 aromatic carbocycles. The van der Waals surface area contributed by atoms with Gasteiger partial charge < -0.3 is 9.47 Å². The van der Waals surface area contributed by atoms with Crippen LogP contribution in [0.3, 0.4) is 0 Å². The summed E-state index contributed by atoms with van der Waals surface area (Å²) in [5.74, 6) is 0.931. The normalized spacial score (nSPS) is 10.3. The minimum atomic E-state index is -0.362. The molecule has 3 aromatic rings. The minimum Gasteiger partial charge on any atom is -0.493 e. The molecule has 0 atom stereocenters. The molecule has 1 heterocycles. The highest BCUT2D eigenvalue weighted by Crippen LogP contribution is 2.27. The number of benzene rings is 2. The van der Waals surface area contributed by atoms with Crippen molar-refractivity contribution in [2.45, 2.75) is 4.34 Å². The Balaban J connectivity index is 1.47. The number of hydrogen-bond acceptors (Lipinski definition) is 8. The molecule has 144 valence electrons. The number of anilines is 1. The largest absolute Gasteiger partial charge is 0.493 e. The summed E-state index contributed by atoms with van der Waals surface area (Å²) in [7, 11) is 1.53. The number of nitrogens with zero attached hydrogens (tertiary/aromatic N) is 2. The third-order valence-corrected chi connectivity index (χ3v) is 5.48. The molecular weight excluding hydrogens is 398 g/mol. The molecule has 0 fully saturated rings. The average Bonchev–Trinajstić information content (AvgIpc) is 3.18. The van der Waals surface area contributed by atoms with Gasteiger partial charge in [0.25, 0.3) is 5.91 Å². The van der Waals surface area contributed by atoms with Gasteiger partial charge in [0.1, 0.15) is 0 Å². The summed E-state index contributed by atoms with van der Waals surface area (Å²) >= 11 is 2.49. The monoisotopic (exact) mass is 415 g/mol. The molecule has 1 amide bonds. The molecule has 0 saturated heterocycles. The van der Waals surface area contributed by atoms with Crippen molar-refractivity contribution in [2.24, 2.45) is 0 Å². The van der Waals surface area contributed by atoms with E-state index in [2.05, 4.69) is 15.5 Å². The van der Waals surface area contributed by atoms with Crippen LogP contribution in [0.1, 0.15) is 10.4 Å². The zero-order chi connectivity index (χ0) is 19.8. The van der Waals surface area contributed by atoms with Gasteiger partial charge >= 0.3 is 0 Å². The molecule has 0 aliphatic rings. The molecule has 28 heavy (non-hydrogen) atoms. The fraction of sp³-hybridized carbons (Fsp3) is 0.158. The Hall–Kier alpha value is -2.91. The molecule has 0 bridgehead atoms. The van der Waals surface area contributed by atoms with Crippen molar-refractivity contribution in [3.8, 4) is 11.5 Å². The fourth-order valence-electron chi connectivity index (χ4n) is 2.19. The van der Waals surface area contributed by atoms with Crippen LogP contribution in [0.2, 0.25) is 0 Å². The van der Waals surface area contributed by atoms with E-state index in [4.69, 9.17) is 9.47 Å². The quantitative estimate of drug-likeness (QED) is 0.325. The van der Waals surface area contributed by atoms with Crippen molar-refractivity contribution in [1.29, 1.82) is 0 Å². The van der Waals surface area contributed by atoms with Gasteiger partial charge in [-0.15, -0.1) is 10.2 Å². The Morgan fingerprint density at radius 3 is 2.50 bits per heavy atom. The van der Waals surface area contributed by atoms with E-state index in [9.17, 15) is 9.59 Å². The summed E-state index contributed by atoms with van der Waals surface area (Å²) in [6.45, 7) is -0.186. The van der Waals surface area contributed by atoms with E-state index in [1.807, 2.05) is 24.3 Å². The molecule has 3 rings (SSSR count). The van der Waals surface area contributed by atoms with Gasteiger partial charge in [0.05, 0.1) is 12.9 Å². The number of amides is 1. The van der Waals surface area contributed by atoms with Crippen molar-refractivity contribution in [1.82, 2.24) is 10.2 Å². The molecule has 9 heteroatoms. The maximum Gasteiger partial charge on any atom is 0.264 e. The number of hydrogen-bond donors (Lipinski definition) is 1. The maximum absolute atomic E-state index is 12.1. The van der Waals surface area contributed by atoms with E-state index >= 15 is 0 Å². The average molecular weight is 415 g/mol. The lowest BCUT2D eigenvalue weighted by Gasteiger charge is -2.09. The van der Waals surface area contributed by atoms with E-state index in [1.165, 1.54) is 30.2 Å². The van der Waals surface area contributed by atoms with Gasteiger partial charge in [0, 0.05) is 5.56 Å². The number of ketones is 1. The van der Waals surface area contributed by atoms with Crippen LogP contribution in [0.15, 0.2) is 58.9 Å². The van der Waals surface area contributed by atoms with Crippen LogP contribution in [-0.4, -0.2) is 41.4 Å². The molecule has 7 nitrogen and oxygen atoms in total. The molecule has 0 aliphatic carbocycles. The van der Waals surface area contributed by atoms with Crippen LogP contribution >= 0.6 is 23.1 Å². The van der Waals surface area contributed by atoms with Gasteiger partial charge in [-0.1, -0.05) is 65.6 Å². The Kier molecular flexibility index (Phi) is 6.99. The third-order valence-electron chi connectivity index (χ3n) is 3.50. The Morgan fingerprint density at radius 2 is 1.75 bits per heavy atom. The summed E-state index contributed by atoms with van der Waals surface area (Å²) in [4.78, 5) is 24.2. The zero-order valence-corrected chi connectivity index (χ0v) is 16.6. The van der Waals surface area contributed by atoms with E-state index < -0.39 is 0 Å². The SMILES string of the molecule is COc1ccccc1OCC(=O)Nc1nnc(SCC(=O)c2ccccc2)s1. The Bertz CT molecular complexity index is 947. The van der Waals surface area contributed by atoms with Gasteiger partial charge in [0.2, 0.25) is 5.13 Å². The molecule has 0 unspecified atom stereocenters. The van der Waals surface area contributed by atoms with Gasteiger partial charge in [-0.05, 0) is 12.1 Å². The second-order valence-electron chi connectivity index (χ2n) is 5.44. The first kappa shape index (κ1) is 19.8. The highest BCUT2D eigenvalue weighted by molar-refractivity contribution is 8.01. The van der Waals surface area contributed by atoms with E-state index in [-0.39, 0.29) is 24.1 Å². The van der Waals surface area contributed by atoms with Crippen molar-refractivity contribution < 1.29 is 19.1 Å². The van der Waals surface area contributed by atoms with Gasteiger partial charge in [-0.3, -0.25) is 14.9 Å². The van der Waals surface area contributed by atoms with Crippen molar-refractivity contribution >= 4 is 39.9 Å². The molecule has 1 N–H and O–H groups in total. The molecule has 0 saturated carbocycles. The summed E-state index contributed by atoms with van der Waals surface area (Å²) in [5, 5.41) is 10.9. The van der Waals surface area contributed by atoms with Crippen LogP contribution in [0.4, 0.5) is 5.13 Å². The number of rotatable bonds is 9. The Morgan fingerprint density at radius 1 is 1.04 bits per heavy atom. The minimum absolute atomic E-state index is 0.0107. The lowest BCUT2D eigenvalue weighted by molar-refractivity contribution is -0.118. The first-order valence-corrected chi connectivity index (χ1v) is 10.1. The van der Waals surface area contributed by atoms with Crippen LogP contribution in [0.25, 0.3) is 0 Å². The Labute approximate surface area is 170 Å². The van der Waals surface area contributed by atoms with Crippen molar-refractivity contribution in [3.05, 3.63) is 60.2 Å². The second-order valence-corrected chi connectivity index (χ2v) is 7.64.